The van der Waals surface area contributed by atoms with Crippen LogP contribution in [0.1, 0.15) is 19.8 Å². The molecule has 0 aromatic rings. The molecule has 1 atom stereocenters. The molecule has 0 rings (SSSR count). The van der Waals surface area contributed by atoms with Crippen LogP contribution in [0.4, 0.5) is 0 Å². The van der Waals surface area contributed by atoms with Crippen LogP contribution >= 0.6 is 31.9 Å². The molecule has 0 aliphatic carbocycles. The highest BCUT2D eigenvalue weighted by atomic mass is 79.9. The number of hydrogen-bond donors (Lipinski definition) is 0. The summed E-state index contributed by atoms with van der Waals surface area (Å²) in [6.07, 6.45) is 2.53. The van der Waals surface area contributed by atoms with Gasteiger partial charge in [0.05, 0.1) is 0 Å². The van der Waals surface area contributed by atoms with Crippen LogP contribution in [-0.4, -0.2) is 10.2 Å². The molecule has 0 aliphatic heterocycles. The van der Waals surface area contributed by atoms with E-state index in [0.29, 0.717) is 4.83 Å². The van der Waals surface area contributed by atoms with Crippen molar-refractivity contribution in [3.05, 3.63) is 0 Å². The monoisotopic (exact) mass is 228 g/mol. The Morgan fingerprint density at radius 3 is 2.29 bits per heavy atom. The summed E-state index contributed by atoms with van der Waals surface area (Å²) in [6.45, 7) is 2.19. The molecule has 2 heteroatoms. The maximum Gasteiger partial charge on any atom is 0.0242 e. The Balaban J connectivity index is 2.83. The predicted molar refractivity (Wildman–Crippen MR) is 41.4 cm³/mol. The summed E-state index contributed by atoms with van der Waals surface area (Å²) < 4.78 is 0. The second-order valence-electron chi connectivity index (χ2n) is 1.54. The Labute approximate surface area is 61.9 Å². The molecular formula is C5H10Br2. The van der Waals surface area contributed by atoms with E-state index in [4.69, 9.17) is 0 Å². The zero-order valence-electron chi connectivity index (χ0n) is 4.45. The standard InChI is InChI=1S/C5H10Br2/c1-2-3-5(7)4-6/h5H,2-4H2,1H3/t5-/m1/s1. The minimum atomic E-state index is 0.678. The predicted octanol–water partition coefficient (Wildman–Crippen LogP) is 2.94. The van der Waals surface area contributed by atoms with Gasteiger partial charge in [-0.15, -0.1) is 0 Å². The summed E-state index contributed by atoms with van der Waals surface area (Å²) in [5, 5.41) is 1.07. The van der Waals surface area contributed by atoms with Crippen LogP contribution in [0.15, 0.2) is 0 Å². The number of rotatable bonds is 3. The second-order valence-corrected chi connectivity index (χ2v) is 3.48. The average Bonchev–Trinajstić information content (AvgIpc) is 1.68. The van der Waals surface area contributed by atoms with Gasteiger partial charge in [0.2, 0.25) is 0 Å². The zero-order chi connectivity index (χ0) is 5.70. The average molecular weight is 230 g/mol. The van der Waals surface area contributed by atoms with E-state index in [0.717, 1.165) is 5.33 Å². The first-order valence-corrected chi connectivity index (χ1v) is 4.55. The van der Waals surface area contributed by atoms with Gasteiger partial charge in [-0.3, -0.25) is 0 Å². The highest BCUT2D eigenvalue weighted by Crippen LogP contribution is 2.09. The molecule has 44 valence electrons. The highest BCUT2D eigenvalue weighted by Gasteiger charge is 1.96. The Hall–Kier alpha value is 0.960. The van der Waals surface area contributed by atoms with Crippen molar-refractivity contribution < 1.29 is 0 Å². The lowest BCUT2D eigenvalue weighted by atomic mass is 10.3. The van der Waals surface area contributed by atoms with Gasteiger partial charge in [0.25, 0.3) is 0 Å². The van der Waals surface area contributed by atoms with Crippen molar-refractivity contribution in [1.82, 2.24) is 0 Å². The third-order valence-corrected chi connectivity index (χ3v) is 3.20. The van der Waals surface area contributed by atoms with Gasteiger partial charge in [0.15, 0.2) is 0 Å². The minimum Gasteiger partial charge on any atom is -0.0916 e. The number of alkyl halides is 2. The molecule has 0 saturated heterocycles. The van der Waals surface area contributed by atoms with Crippen molar-refractivity contribution in [2.45, 2.75) is 24.6 Å². The zero-order valence-corrected chi connectivity index (χ0v) is 7.63. The lowest BCUT2D eigenvalue weighted by molar-refractivity contribution is 0.806. The smallest absolute Gasteiger partial charge is 0.0242 e. The fourth-order valence-corrected chi connectivity index (χ4v) is 1.17. The summed E-state index contributed by atoms with van der Waals surface area (Å²) in [7, 11) is 0. The highest BCUT2D eigenvalue weighted by molar-refractivity contribution is 9.12. The normalized spacial score (nSPS) is 14.1. The Kier molecular flexibility index (Phi) is 5.80. The third kappa shape index (κ3) is 4.82. The SMILES string of the molecule is CCC[C@@H](Br)CBr. The van der Waals surface area contributed by atoms with E-state index in [1.54, 1.807) is 0 Å². The van der Waals surface area contributed by atoms with Gasteiger partial charge in [-0.1, -0.05) is 45.2 Å². The molecule has 0 N–H and O–H groups in total. The van der Waals surface area contributed by atoms with Crippen LogP contribution in [0.5, 0.6) is 0 Å². The second kappa shape index (κ2) is 5.10. The van der Waals surface area contributed by atoms with Gasteiger partial charge in [-0.05, 0) is 6.42 Å². The molecule has 0 fully saturated rings. The lowest BCUT2D eigenvalue weighted by Gasteiger charge is -1.99. The van der Waals surface area contributed by atoms with Crippen molar-refractivity contribution in [3.63, 3.8) is 0 Å². The van der Waals surface area contributed by atoms with Crippen LogP contribution in [0, 0.1) is 0 Å². The van der Waals surface area contributed by atoms with E-state index in [1.807, 2.05) is 0 Å². The van der Waals surface area contributed by atoms with E-state index < -0.39 is 0 Å². The van der Waals surface area contributed by atoms with Gasteiger partial charge in [0, 0.05) is 10.2 Å². The largest absolute Gasteiger partial charge is 0.0916 e. The maximum absolute atomic E-state index is 3.49. The van der Waals surface area contributed by atoms with Gasteiger partial charge in [-0.25, -0.2) is 0 Å². The molecule has 0 bridgehead atoms. The van der Waals surface area contributed by atoms with E-state index in [9.17, 15) is 0 Å². The van der Waals surface area contributed by atoms with Crippen LogP contribution < -0.4 is 0 Å². The molecule has 0 saturated carbocycles. The van der Waals surface area contributed by atoms with Crippen molar-refractivity contribution in [1.29, 1.82) is 0 Å². The Morgan fingerprint density at radius 2 is 2.14 bits per heavy atom. The molecule has 7 heavy (non-hydrogen) atoms. The first-order chi connectivity index (χ1) is 3.31. The van der Waals surface area contributed by atoms with Crippen LogP contribution in [0.2, 0.25) is 0 Å². The third-order valence-electron chi connectivity index (χ3n) is 0.769. The van der Waals surface area contributed by atoms with Crippen LogP contribution in [0.25, 0.3) is 0 Å². The molecule has 0 aliphatic rings. The lowest BCUT2D eigenvalue weighted by Crippen LogP contribution is -1.95. The molecule has 0 amide bonds. The maximum atomic E-state index is 3.49. The molecule has 0 radical (unpaired) electrons. The fourth-order valence-electron chi connectivity index (χ4n) is 0.390. The van der Waals surface area contributed by atoms with Crippen molar-refractivity contribution >= 4 is 31.9 Å². The molecule has 0 nitrogen and oxygen atoms in total. The van der Waals surface area contributed by atoms with Gasteiger partial charge in [-0.2, -0.15) is 0 Å². The number of halogens is 2. The van der Waals surface area contributed by atoms with Crippen molar-refractivity contribution in [2.75, 3.05) is 5.33 Å². The summed E-state index contributed by atoms with van der Waals surface area (Å²) in [5.74, 6) is 0. The molecule has 0 unspecified atom stereocenters. The van der Waals surface area contributed by atoms with Gasteiger partial charge < -0.3 is 0 Å². The van der Waals surface area contributed by atoms with Crippen molar-refractivity contribution in [2.24, 2.45) is 0 Å². The van der Waals surface area contributed by atoms with E-state index in [2.05, 4.69) is 38.8 Å². The summed E-state index contributed by atoms with van der Waals surface area (Å²) in [4.78, 5) is 0.678. The van der Waals surface area contributed by atoms with Gasteiger partial charge >= 0.3 is 0 Å². The Bertz CT molecular complexity index is 37.1. The molecule has 0 aromatic heterocycles. The summed E-state index contributed by atoms with van der Waals surface area (Å²) in [5.41, 5.74) is 0. The molecule has 0 spiro atoms. The Morgan fingerprint density at radius 1 is 1.57 bits per heavy atom. The van der Waals surface area contributed by atoms with Crippen molar-refractivity contribution in [3.8, 4) is 0 Å². The van der Waals surface area contributed by atoms with Crippen LogP contribution in [0.3, 0.4) is 0 Å². The fraction of sp³-hybridized carbons (Fsp3) is 1.00. The first-order valence-electron chi connectivity index (χ1n) is 2.51. The molecular weight excluding hydrogens is 220 g/mol. The first kappa shape index (κ1) is 7.96. The summed E-state index contributed by atoms with van der Waals surface area (Å²) in [6, 6.07) is 0. The summed E-state index contributed by atoms with van der Waals surface area (Å²) >= 11 is 6.86. The minimum absolute atomic E-state index is 0.678. The van der Waals surface area contributed by atoms with Crippen LogP contribution in [-0.2, 0) is 0 Å². The van der Waals surface area contributed by atoms with E-state index in [1.165, 1.54) is 12.8 Å². The van der Waals surface area contributed by atoms with Gasteiger partial charge in [0.1, 0.15) is 0 Å². The van der Waals surface area contributed by atoms with E-state index >= 15 is 0 Å². The molecule has 0 heterocycles. The number of hydrogen-bond acceptors (Lipinski definition) is 0. The quantitative estimate of drug-likeness (QED) is 0.653. The molecule has 0 aromatic carbocycles. The topological polar surface area (TPSA) is 0 Å². The van der Waals surface area contributed by atoms with E-state index in [-0.39, 0.29) is 0 Å².